The fraction of sp³-hybridized carbons (Fsp3) is 0. The maximum absolute atomic E-state index is 5.50. The van der Waals surface area contributed by atoms with Gasteiger partial charge in [-0.2, -0.15) is 0 Å². The van der Waals surface area contributed by atoms with E-state index in [1.54, 1.807) is 0 Å². The van der Waals surface area contributed by atoms with Crippen LogP contribution >= 0.6 is 17.0 Å². The predicted octanol–water partition coefficient (Wildman–Crippen LogP) is 1.64. The Bertz CT molecular complexity index is 20.5. The van der Waals surface area contributed by atoms with Crippen LogP contribution in [0, 0.1) is 21.6 Å². The van der Waals surface area contributed by atoms with Crippen LogP contribution in [0.1, 0.15) is 0 Å². The van der Waals surface area contributed by atoms with Crippen LogP contribution in [-0.2, 0) is 0 Å². The van der Waals surface area contributed by atoms with Gasteiger partial charge in [-0.15, -0.1) is 17.0 Å². The van der Waals surface area contributed by atoms with Gasteiger partial charge in [0.25, 0.3) is 0 Å². The molecule has 0 saturated heterocycles. The molecule has 0 bridgehead atoms. The van der Waals surface area contributed by atoms with Gasteiger partial charge in [-0.1, -0.05) is 0 Å². The number of hydrogen-bond acceptors (Lipinski definition) is 4. The van der Waals surface area contributed by atoms with Crippen LogP contribution in [0.25, 0.3) is 0 Å². The standard InChI is InChI=1S/4CH3N.BrH/c4*1-2;/h4*2H,1H2;1H. The molecule has 0 saturated carbocycles. The van der Waals surface area contributed by atoms with E-state index in [9.17, 15) is 0 Å². The molecule has 0 heterocycles. The second-order valence-corrected chi connectivity index (χ2v) is 0. The predicted molar refractivity (Wildman–Crippen MR) is 49.7 cm³/mol. The molecule has 0 aromatic heterocycles. The molecule has 0 aromatic carbocycles. The number of hydrogen-bond donors (Lipinski definition) is 4. The van der Waals surface area contributed by atoms with Gasteiger partial charge in [-0.3, -0.25) is 0 Å². The molecule has 0 fully saturated rings. The zero-order chi connectivity index (χ0) is 8.00. The Balaban J connectivity index is -0.00000000762. The summed E-state index contributed by atoms with van der Waals surface area (Å²) in [7, 11) is 0. The van der Waals surface area contributed by atoms with Crippen molar-refractivity contribution in [2.24, 2.45) is 0 Å². The number of nitrogens with one attached hydrogen (secondary N) is 4. The molecule has 4 nitrogen and oxygen atoms in total. The molecular weight excluding hydrogens is 184 g/mol. The van der Waals surface area contributed by atoms with E-state index in [1.807, 2.05) is 0 Å². The summed E-state index contributed by atoms with van der Waals surface area (Å²) >= 11 is 0. The normalized spacial score (nSPS) is 1.78. The Morgan fingerprint density at radius 1 is 0.444 bits per heavy atom. The smallest absolute Gasteiger partial charge is 0.0187 e. The highest BCUT2D eigenvalue weighted by Crippen LogP contribution is 0.846. The molecule has 9 heavy (non-hydrogen) atoms. The average molecular weight is 197 g/mol. The van der Waals surface area contributed by atoms with Gasteiger partial charge in [0, 0.05) is 0 Å². The van der Waals surface area contributed by atoms with Gasteiger partial charge >= 0.3 is 0 Å². The van der Waals surface area contributed by atoms with Crippen LogP contribution in [0.3, 0.4) is 0 Å². The van der Waals surface area contributed by atoms with Crippen LogP contribution in [-0.4, -0.2) is 26.9 Å². The minimum atomic E-state index is 0. The van der Waals surface area contributed by atoms with Crippen molar-refractivity contribution < 1.29 is 0 Å². The van der Waals surface area contributed by atoms with Crippen molar-refractivity contribution in [3.8, 4) is 0 Å². The van der Waals surface area contributed by atoms with Crippen LogP contribution in [0.2, 0.25) is 0 Å². The maximum atomic E-state index is 5.50. The largest absolute Gasteiger partial charge is 0.317 e. The molecule has 0 amide bonds. The molecular formula is C4H13BrN4. The van der Waals surface area contributed by atoms with E-state index in [0.29, 0.717) is 0 Å². The van der Waals surface area contributed by atoms with Crippen molar-refractivity contribution in [2.75, 3.05) is 0 Å². The average Bonchev–Trinajstić information content (AvgIpc) is 2.03. The summed E-state index contributed by atoms with van der Waals surface area (Å²) in [6, 6.07) is 0. The van der Waals surface area contributed by atoms with Crippen molar-refractivity contribution in [3.63, 3.8) is 0 Å². The fourth-order valence-corrected chi connectivity index (χ4v) is 0. The molecule has 0 rings (SSSR count). The third kappa shape index (κ3) is 270. The van der Waals surface area contributed by atoms with Crippen molar-refractivity contribution in [1.82, 2.24) is 0 Å². The lowest BCUT2D eigenvalue weighted by Gasteiger charge is -0.890. The molecule has 0 aliphatic carbocycles. The first-order valence-corrected chi connectivity index (χ1v) is 1.41. The third-order valence-electron chi connectivity index (χ3n) is 0. The number of halogens is 1. The van der Waals surface area contributed by atoms with Crippen LogP contribution in [0.5, 0.6) is 0 Å². The summed E-state index contributed by atoms with van der Waals surface area (Å²) in [4.78, 5) is 0. The summed E-state index contributed by atoms with van der Waals surface area (Å²) in [5, 5.41) is 22.0. The van der Waals surface area contributed by atoms with Gasteiger partial charge < -0.3 is 21.6 Å². The SMILES string of the molecule is Br.C=N.C=N.C=N.C=N. The highest BCUT2D eigenvalue weighted by Gasteiger charge is 0.561. The van der Waals surface area contributed by atoms with Crippen LogP contribution in [0.15, 0.2) is 0 Å². The van der Waals surface area contributed by atoms with Gasteiger partial charge in [-0.05, 0) is 26.9 Å². The van der Waals surface area contributed by atoms with E-state index in [-0.39, 0.29) is 17.0 Å². The quantitative estimate of drug-likeness (QED) is 0.425. The fourth-order valence-electron chi connectivity index (χ4n) is 0. The van der Waals surface area contributed by atoms with Crippen molar-refractivity contribution in [1.29, 1.82) is 21.6 Å². The molecule has 0 unspecified atom stereocenters. The summed E-state index contributed by atoms with van der Waals surface area (Å²) in [5.41, 5.74) is 0. The van der Waals surface area contributed by atoms with Crippen molar-refractivity contribution >= 4 is 43.9 Å². The lowest BCUT2D eigenvalue weighted by Crippen LogP contribution is -0.827. The summed E-state index contributed by atoms with van der Waals surface area (Å²) in [6.07, 6.45) is 0. The lowest BCUT2D eigenvalue weighted by atomic mass is 11.8. The summed E-state index contributed by atoms with van der Waals surface area (Å²) < 4.78 is 0. The summed E-state index contributed by atoms with van der Waals surface area (Å²) in [6.45, 7) is 10.0. The molecule has 0 aromatic rings. The zero-order valence-corrected chi connectivity index (χ0v) is 6.95. The van der Waals surface area contributed by atoms with E-state index in [0.717, 1.165) is 0 Å². The molecule has 0 spiro atoms. The Labute approximate surface area is 66.1 Å². The minimum Gasteiger partial charge on any atom is -0.317 e. The van der Waals surface area contributed by atoms with Gasteiger partial charge in [0.05, 0.1) is 0 Å². The molecule has 5 heteroatoms. The van der Waals surface area contributed by atoms with Gasteiger partial charge in [0.15, 0.2) is 0 Å². The first kappa shape index (κ1) is 41.9. The summed E-state index contributed by atoms with van der Waals surface area (Å²) in [5.74, 6) is 0. The Morgan fingerprint density at radius 3 is 0.444 bits per heavy atom. The minimum absolute atomic E-state index is 0. The highest BCUT2D eigenvalue weighted by atomic mass is 79.9. The Morgan fingerprint density at radius 2 is 0.444 bits per heavy atom. The van der Waals surface area contributed by atoms with E-state index in [1.165, 1.54) is 0 Å². The van der Waals surface area contributed by atoms with Crippen LogP contribution in [0.4, 0.5) is 0 Å². The molecule has 0 aliphatic heterocycles. The van der Waals surface area contributed by atoms with Crippen molar-refractivity contribution in [2.45, 2.75) is 0 Å². The monoisotopic (exact) mass is 196 g/mol. The topological polar surface area (TPSA) is 95.4 Å². The Hall–Kier alpha value is -0.840. The third-order valence-corrected chi connectivity index (χ3v) is 0. The van der Waals surface area contributed by atoms with Crippen molar-refractivity contribution in [3.05, 3.63) is 0 Å². The van der Waals surface area contributed by atoms with E-state index < -0.39 is 0 Å². The lowest BCUT2D eigenvalue weighted by molar-refractivity contribution is 1.61. The molecule has 0 aliphatic rings. The highest BCUT2D eigenvalue weighted by molar-refractivity contribution is 8.93. The van der Waals surface area contributed by atoms with Gasteiger partial charge in [-0.25, -0.2) is 0 Å². The zero-order valence-electron chi connectivity index (χ0n) is 5.24. The van der Waals surface area contributed by atoms with Gasteiger partial charge in [0.2, 0.25) is 0 Å². The van der Waals surface area contributed by atoms with E-state index in [4.69, 9.17) is 21.6 Å². The maximum Gasteiger partial charge on any atom is -0.0187 e. The van der Waals surface area contributed by atoms with E-state index in [2.05, 4.69) is 26.9 Å². The Kier molecular flexibility index (Phi) is 1790. The molecule has 4 N–H and O–H groups in total. The first-order chi connectivity index (χ1) is 4.00. The second kappa shape index (κ2) is 385. The van der Waals surface area contributed by atoms with Crippen LogP contribution < -0.4 is 0 Å². The second-order valence-electron chi connectivity index (χ2n) is 0. The van der Waals surface area contributed by atoms with E-state index >= 15 is 0 Å². The molecule has 0 radical (unpaired) electrons. The molecule has 0 atom stereocenters. The van der Waals surface area contributed by atoms with Gasteiger partial charge in [0.1, 0.15) is 0 Å². The number of rotatable bonds is 0. The molecule has 56 valence electrons. The first-order valence-electron chi connectivity index (χ1n) is 1.41.